The molecular formula is C26H26Cl2F5N3O5. The van der Waals surface area contributed by atoms with Gasteiger partial charge in [-0.15, -0.1) is 0 Å². The highest BCUT2D eigenvalue weighted by atomic mass is 35.5. The number of hydrogen-bond donors (Lipinski definition) is 3. The summed E-state index contributed by atoms with van der Waals surface area (Å²) >= 11 is 11.5. The lowest BCUT2D eigenvalue weighted by atomic mass is 9.97. The van der Waals surface area contributed by atoms with Crippen molar-refractivity contribution in [2.24, 2.45) is 5.92 Å². The van der Waals surface area contributed by atoms with Gasteiger partial charge in [-0.3, -0.25) is 19.2 Å². The monoisotopic (exact) mass is 625 g/mol. The minimum absolute atomic E-state index is 0.0492. The molecule has 2 rings (SSSR count). The molecule has 0 bridgehead atoms. The van der Waals surface area contributed by atoms with Gasteiger partial charge < -0.3 is 20.7 Å². The largest absolute Gasteiger partial charge is 0.497 e. The molecule has 0 aliphatic carbocycles. The van der Waals surface area contributed by atoms with Gasteiger partial charge in [0.25, 0.3) is 11.7 Å². The smallest absolute Gasteiger partial charge is 0.452 e. The van der Waals surface area contributed by atoms with E-state index in [0.29, 0.717) is 5.75 Å². The predicted molar refractivity (Wildman–Crippen MR) is 140 cm³/mol. The highest BCUT2D eigenvalue weighted by molar-refractivity contribution is 6.33. The van der Waals surface area contributed by atoms with Crippen LogP contribution in [0.4, 0.5) is 22.0 Å². The predicted octanol–water partition coefficient (Wildman–Crippen LogP) is 4.73. The molecular weight excluding hydrogens is 600 g/mol. The van der Waals surface area contributed by atoms with Gasteiger partial charge in [0.05, 0.1) is 23.7 Å². The number of ether oxygens (including phenoxy) is 1. The average molecular weight is 626 g/mol. The first-order valence-corrected chi connectivity index (χ1v) is 12.7. The maximum absolute atomic E-state index is 14.8. The summed E-state index contributed by atoms with van der Waals surface area (Å²) in [5, 5.41) is 5.45. The molecule has 3 amide bonds. The van der Waals surface area contributed by atoms with Gasteiger partial charge in [0.1, 0.15) is 17.8 Å². The molecule has 224 valence electrons. The number of benzene rings is 2. The van der Waals surface area contributed by atoms with Crippen LogP contribution in [0.15, 0.2) is 42.5 Å². The molecule has 0 heterocycles. The topological polar surface area (TPSA) is 114 Å². The summed E-state index contributed by atoms with van der Waals surface area (Å²) in [7, 11) is 1.35. The van der Waals surface area contributed by atoms with Crippen LogP contribution < -0.4 is 20.7 Å². The molecule has 0 spiro atoms. The van der Waals surface area contributed by atoms with Crippen LogP contribution in [0.2, 0.25) is 10.0 Å². The van der Waals surface area contributed by atoms with Crippen LogP contribution in [0.1, 0.15) is 37.9 Å². The van der Waals surface area contributed by atoms with Crippen molar-refractivity contribution in [2.75, 3.05) is 7.11 Å². The Morgan fingerprint density at radius 3 is 1.93 bits per heavy atom. The Kier molecular flexibility index (Phi) is 11.1. The average Bonchev–Trinajstić information content (AvgIpc) is 2.90. The molecule has 2 aromatic rings. The van der Waals surface area contributed by atoms with Crippen LogP contribution in [0.5, 0.6) is 5.75 Å². The number of ketones is 1. The quantitative estimate of drug-likeness (QED) is 0.313. The van der Waals surface area contributed by atoms with E-state index < -0.39 is 70.2 Å². The molecule has 15 heteroatoms. The zero-order valence-electron chi connectivity index (χ0n) is 22.0. The fourth-order valence-electron chi connectivity index (χ4n) is 3.53. The number of halogens is 7. The minimum Gasteiger partial charge on any atom is -0.497 e. The molecule has 0 saturated heterocycles. The van der Waals surface area contributed by atoms with Crippen molar-refractivity contribution in [1.82, 2.24) is 16.0 Å². The number of carbonyl (C=O) groups is 4. The lowest BCUT2D eigenvalue weighted by molar-refractivity contribution is -0.175. The maximum atomic E-state index is 14.8. The van der Waals surface area contributed by atoms with Crippen molar-refractivity contribution in [3.8, 4) is 5.75 Å². The highest BCUT2D eigenvalue weighted by Crippen LogP contribution is 2.35. The second-order valence-electron chi connectivity index (χ2n) is 9.20. The summed E-state index contributed by atoms with van der Waals surface area (Å²) in [5.74, 6) is -11.3. The van der Waals surface area contributed by atoms with Crippen molar-refractivity contribution in [2.45, 2.75) is 51.0 Å². The number of Topliss-reactive ketones (excluding diaryl/α,β-unsaturated/α-hetero) is 1. The zero-order chi connectivity index (χ0) is 31.3. The van der Waals surface area contributed by atoms with Crippen LogP contribution >= 0.6 is 23.2 Å². The second kappa shape index (κ2) is 13.5. The van der Waals surface area contributed by atoms with Crippen molar-refractivity contribution in [3.05, 3.63) is 63.6 Å². The molecule has 8 nitrogen and oxygen atoms in total. The van der Waals surface area contributed by atoms with Crippen LogP contribution in [-0.4, -0.2) is 48.9 Å². The van der Waals surface area contributed by atoms with Crippen molar-refractivity contribution >= 4 is 46.7 Å². The van der Waals surface area contributed by atoms with Gasteiger partial charge in [-0.05, 0) is 48.7 Å². The Morgan fingerprint density at radius 1 is 0.829 bits per heavy atom. The van der Waals surface area contributed by atoms with Gasteiger partial charge in [-0.2, -0.15) is 22.0 Å². The molecule has 0 aliphatic heterocycles. The fourth-order valence-corrected chi connectivity index (χ4v) is 3.93. The SMILES string of the molecule is COc1ccc([C@H](NC(=O)[C@H](C)NC(=O)C(F)(F)c2cc(Cl)ccc2Cl)C(=O)N[C@H](C(=O)C(F)(F)F)C(C)C)cc1. The number of methoxy groups -OCH3 is 1. The van der Waals surface area contributed by atoms with Crippen molar-refractivity contribution < 1.29 is 45.9 Å². The Morgan fingerprint density at radius 2 is 1.41 bits per heavy atom. The van der Waals surface area contributed by atoms with Gasteiger partial charge >= 0.3 is 12.1 Å². The molecule has 2 aromatic carbocycles. The zero-order valence-corrected chi connectivity index (χ0v) is 23.5. The Labute approximate surface area is 241 Å². The molecule has 3 atom stereocenters. The van der Waals surface area contributed by atoms with Crippen molar-refractivity contribution in [3.63, 3.8) is 0 Å². The van der Waals surface area contributed by atoms with Crippen LogP contribution in [0, 0.1) is 5.92 Å². The lowest BCUT2D eigenvalue weighted by Gasteiger charge is -2.27. The molecule has 3 N–H and O–H groups in total. The van der Waals surface area contributed by atoms with E-state index in [1.165, 1.54) is 51.3 Å². The van der Waals surface area contributed by atoms with E-state index >= 15 is 0 Å². The number of alkyl halides is 5. The van der Waals surface area contributed by atoms with E-state index in [-0.39, 0.29) is 10.6 Å². The van der Waals surface area contributed by atoms with E-state index in [0.717, 1.165) is 19.1 Å². The van der Waals surface area contributed by atoms with Crippen LogP contribution in [0.3, 0.4) is 0 Å². The van der Waals surface area contributed by atoms with Gasteiger partial charge in [0, 0.05) is 5.02 Å². The van der Waals surface area contributed by atoms with E-state index in [9.17, 15) is 41.1 Å². The Bertz CT molecular complexity index is 1290. The second-order valence-corrected chi connectivity index (χ2v) is 10.0. The summed E-state index contributed by atoms with van der Waals surface area (Å²) in [5.41, 5.74) is -0.866. The number of hydrogen-bond acceptors (Lipinski definition) is 5. The lowest BCUT2D eigenvalue weighted by Crippen LogP contribution is -2.55. The third-order valence-electron chi connectivity index (χ3n) is 5.82. The molecule has 0 fully saturated rings. The summed E-state index contributed by atoms with van der Waals surface area (Å²) in [6.45, 7) is 3.59. The fraction of sp³-hybridized carbons (Fsp3) is 0.385. The number of carbonyl (C=O) groups excluding carboxylic acids is 4. The molecule has 0 aliphatic rings. The number of amides is 3. The van der Waals surface area contributed by atoms with Gasteiger partial charge in [-0.1, -0.05) is 49.2 Å². The van der Waals surface area contributed by atoms with Gasteiger partial charge in [-0.25, -0.2) is 0 Å². The first-order valence-electron chi connectivity index (χ1n) is 11.9. The third-order valence-corrected chi connectivity index (χ3v) is 6.38. The van der Waals surface area contributed by atoms with Crippen molar-refractivity contribution in [1.29, 1.82) is 0 Å². The maximum Gasteiger partial charge on any atom is 0.452 e. The van der Waals surface area contributed by atoms with E-state index in [1.54, 1.807) is 0 Å². The minimum atomic E-state index is -5.25. The summed E-state index contributed by atoms with van der Waals surface area (Å²) < 4.78 is 74.1. The highest BCUT2D eigenvalue weighted by Gasteiger charge is 2.46. The van der Waals surface area contributed by atoms with Gasteiger partial charge in [0.15, 0.2) is 0 Å². The standard InChI is InChI=1S/C26H26Cl2F5N3O5/c1-12(2)19(21(37)26(31,32)33)35-23(39)20(14-5-8-16(41-4)9-6-14)36-22(38)13(3)34-24(40)25(29,30)17-11-15(27)7-10-18(17)28/h5-13,19-20H,1-4H3,(H,34,40)(H,35,39)(H,36,38)/t13-,19-,20-/m0/s1. The number of nitrogens with one attached hydrogen (secondary N) is 3. The Balaban J connectivity index is 2.31. The molecule has 0 radical (unpaired) electrons. The van der Waals surface area contributed by atoms with Gasteiger partial charge in [0.2, 0.25) is 11.8 Å². The molecule has 0 saturated carbocycles. The van der Waals surface area contributed by atoms with Crippen LogP contribution in [-0.2, 0) is 25.1 Å². The van der Waals surface area contributed by atoms with E-state index in [2.05, 4.69) is 5.32 Å². The van der Waals surface area contributed by atoms with E-state index in [1.807, 2.05) is 10.6 Å². The molecule has 0 aromatic heterocycles. The van der Waals surface area contributed by atoms with Crippen LogP contribution in [0.25, 0.3) is 0 Å². The summed E-state index contributed by atoms with van der Waals surface area (Å²) in [6.07, 6.45) is -5.25. The first-order chi connectivity index (χ1) is 18.9. The van der Waals surface area contributed by atoms with E-state index in [4.69, 9.17) is 27.9 Å². The summed E-state index contributed by atoms with van der Waals surface area (Å²) in [6, 6.07) is 3.14. The molecule has 41 heavy (non-hydrogen) atoms. The third kappa shape index (κ3) is 8.52. The Hall–Kier alpha value is -3.45. The summed E-state index contributed by atoms with van der Waals surface area (Å²) in [4.78, 5) is 50.4. The molecule has 0 unspecified atom stereocenters. The number of rotatable bonds is 11. The first kappa shape index (κ1) is 33.8. The normalized spacial score (nSPS) is 14.0.